The number of carbonyl (C=O) groups is 1. The fraction of sp³-hybridized carbons (Fsp3) is 0.353. The summed E-state index contributed by atoms with van der Waals surface area (Å²) in [6, 6.07) is 9.44. The quantitative estimate of drug-likeness (QED) is 0.826. The van der Waals surface area contributed by atoms with Gasteiger partial charge in [0.1, 0.15) is 0 Å². The number of hydrogen-bond donors (Lipinski definition) is 1. The van der Waals surface area contributed by atoms with Gasteiger partial charge in [-0.3, -0.25) is 4.79 Å². The third-order valence-electron chi connectivity index (χ3n) is 3.85. The molecule has 1 N–H and O–H groups in total. The van der Waals surface area contributed by atoms with Crippen molar-refractivity contribution in [3.8, 4) is 11.3 Å². The Morgan fingerprint density at radius 2 is 2.04 bits per heavy atom. The van der Waals surface area contributed by atoms with Crippen molar-refractivity contribution in [2.75, 3.05) is 25.0 Å². The SMILES string of the molecule is O=C1CCCN1CCCNc1nccc(-c2ccc(Cl)cc2)n1. The van der Waals surface area contributed by atoms with E-state index in [4.69, 9.17) is 11.6 Å². The number of nitrogens with zero attached hydrogens (tertiary/aromatic N) is 3. The molecule has 120 valence electrons. The molecule has 0 atom stereocenters. The van der Waals surface area contributed by atoms with Crippen molar-refractivity contribution in [3.05, 3.63) is 41.6 Å². The smallest absolute Gasteiger partial charge is 0.223 e. The van der Waals surface area contributed by atoms with Crippen LogP contribution in [0.2, 0.25) is 5.02 Å². The van der Waals surface area contributed by atoms with E-state index in [1.54, 1.807) is 6.20 Å². The maximum Gasteiger partial charge on any atom is 0.223 e. The van der Waals surface area contributed by atoms with Gasteiger partial charge in [0.25, 0.3) is 0 Å². The second-order valence-corrected chi connectivity index (χ2v) is 5.97. The van der Waals surface area contributed by atoms with Crippen LogP contribution in [-0.2, 0) is 4.79 Å². The number of benzene rings is 1. The summed E-state index contributed by atoms with van der Waals surface area (Å²) in [6.45, 7) is 2.43. The molecule has 6 heteroatoms. The van der Waals surface area contributed by atoms with Gasteiger partial charge in [0.2, 0.25) is 11.9 Å². The predicted octanol–water partition coefficient (Wildman–Crippen LogP) is 3.22. The highest BCUT2D eigenvalue weighted by molar-refractivity contribution is 6.30. The molecule has 3 rings (SSSR count). The van der Waals surface area contributed by atoms with E-state index in [1.165, 1.54) is 0 Å². The first-order valence-corrected chi connectivity index (χ1v) is 8.21. The molecule has 0 unspecified atom stereocenters. The summed E-state index contributed by atoms with van der Waals surface area (Å²) in [7, 11) is 0. The third kappa shape index (κ3) is 4.20. The Kier molecular flexibility index (Phi) is 5.08. The fourth-order valence-electron chi connectivity index (χ4n) is 2.64. The molecule has 0 radical (unpaired) electrons. The van der Waals surface area contributed by atoms with Crippen LogP contribution in [0.3, 0.4) is 0 Å². The lowest BCUT2D eigenvalue weighted by atomic mass is 10.1. The Bertz CT molecular complexity index is 675. The van der Waals surface area contributed by atoms with E-state index in [0.717, 1.165) is 43.7 Å². The summed E-state index contributed by atoms with van der Waals surface area (Å²) in [5, 5.41) is 3.92. The summed E-state index contributed by atoms with van der Waals surface area (Å²) >= 11 is 5.91. The second kappa shape index (κ2) is 7.42. The number of rotatable bonds is 6. The van der Waals surface area contributed by atoms with E-state index in [9.17, 15) is 4.79 Å². The summed E-state index contributed by atoms with van der Waals surface area (Å²) in [6.07, 6.45) is 4.31. The lowest BCUT2D eigenvalue weighted by Crippen LogP contribution is -2.27. The zero-order chi connectivity index (χ0) is 16.1. The van der Waals surface area contributed by atoms with E-state index in [1.807, 2.05) is 35.2 Å². The number of amides is 1. The van der Waals surface area contributed by atoms with Crippen LogP contribution in [0.5, 0.6) is 0 Å². The molecule has 0 spiro atoms. The highest BCUT2D eigenvalue weighted by Gasteiger charge is 2.18. The zero-order valence-electron chi connectivity index (χ0n) is 12.8. The van der Waals surface area contributed by atoms with Gasteiger partial charge in [-0.25, -0.2) is 9.97 Å². The first-order chi connectivity index (χ1) is 11.2. The largest absolute Gasteiger partial charge is 0.354 e. The minimum atomic E-state index is 0.269. The molecule has 0 saturated carbocycles. The van der Waals surface area contributed by atoms with E-state index >= 15 is 0 Å². The number of hydrogen-bond acceptors (Lipinski definition) is 4. The Hall–Kier alpha value is -2.14. The molecule has 2 aromatic rings. The van der Waals surface area contributed by atoms with Gasteiger partial charge >= 0.3 is 0 Å². The van der Waals surface area contributed by atoms with Gasteiger partial charge in [0.05, 0.1) is 5.69 Å². The van der Waals surface area contributed by atoms with Crippen LogP contribution in [0, 0.1) is 0 Å². The molecule has 1 aromatic heterocycles. The topological polar surface area (TPSA) is 58.1 Å². The predicted molar refractivity (Wildman–Crippen MR) is 91.4 cm³/mol. The van der Waals surface area contributed by atoms with Gasteiger partial charge in [0, 0.05) is 42.8 Å². The molecule has 5 nitrogen and oxygen atoms in total. The lowest BCUT2D eigenvalue weighted by molar-refractivity contribution is -0.127. The van der Waals surface area contributed by atoms with Gasteiger partial charge in [0.15, 0.2) is 0 Å². The van der Waals surface area contributed by atoms with Crippen LogP contribution in [0.15, 0.2) is 36.5 Å². The van der Waals surface area contributed by atoms with Crippen LogP contribution in [0.1, 0.15) is 19.3 Å². The number of aromatic nitrogens is 2. The van der Waals surface area contributed by atoms with Gasteiger partial charge in [-0.1, -0.05) is 23.7 Å². The summed E-state index contributed by atoms with van der Waals surface area (Å²) < 4.78 is 0. The van der Waals surface area contributed by atoms with E-state index in [2.05, 4.69) is 15.3 Å². The van der Waals surface area contributed by atoms with E-state index in [-0.39, 0.29) is 5.91 Å². The molecule has 2 heterocycles. The second-order valence-electron chi connectivity index (χ2n) is 5.54. The molecular weight excluding hydrogens is 312 g/mol. The Labute approximate surface area is 140 Å². The molecule has 1 aliphatic heterocycles. The van der Waals surface area contributed by atoms with Gasteiger partial charge < -0.3 is 10.2 Å². The fourth-order valence-corrected chi connectivity index (χ4v) is 2.76. The maximum atomic E-state index is 11.5. The number of anilines is 1. The van der Waals surface area contributed by atoms with Gasteiger partial charge in [-0.15, -0.1) is 0 Å². The van der Waals surface area contributed by atoms with E-state index in [0.29, 0.717) is 17.4 Å². The number of carbonyl (C=O) groups excluding carboxylic acids is 1. The summed E-state index contributed by atoms with van der Waals surface area (Å²) in [5.41, 5.74) is 1.86. The number of nitrogens with one attached hydrogen (secondary N) is 1. The average Bonchev–Trinajstić information content (AvgIpc) is 2.98. The Balaban J connectivity index is 1.53. The molecule has 1 saturated heterocycles. The molecule has 1 aliphatic rings. The first-order valence-electron chi connectivity index (χ1n) is 7.83. The monoisotopic (exact) mass is 330 g/mol. The van der Waals surface area contributed by atoms with Crippen LogP contribution >= 0.6 is 11.6 Å². The molecule has 1 fully saturated rings. The highest BCUT2D eigenvalue weighted by Crippen LogP contribution is 2.20. The molecule has 1 aromatic carbocycles. The minimum absolute atomic E-state index is 0.269. The van der Waals surface area contributed by atoms with Gasteiger partial charge in [-0.2, -0.15) is 0 Å². The third-order valence-corrected chi connectivity index (χ3v) is 4.11. The first kappa shape index (κ1) is 15.7. The standard InChI is InChI=1S/C17H19ClN4O/c18-14-6-4-13(5-7-14)15-8-10-20-17(21-15)19-9-2-12-22-11-1-3-16(22)23/h4-8,10H,1-3,9,11-12H2,(H,19,20,21). The van der Waals surface area contributed by atoms with Crippen molar-refractivity contribution in [3.63, 3.8) is 0 Å². The summed E-state index contributed by atoms with van der Waals surface area (Å²) in [4.78, 5) is 22.2. The van der Waals surface area contributed by atoms with Crippen molar-refractivity contribution >= 4 is 23.5 Å². The molecular formula is C17H19ClN4O. The molecule has 0 bridgehead atoms. The van der Waals surface area contributed by atoms with Crippen molar-refractivity contribution in [1.82, 2.24) is 14.9 Å². The molecule has 0 aliphatic carbocycles. The van der Waals surface area contributed by atoms with Crippen molar-refractivity contribution < 1.29 is 4.79 Å². The van der Waals surface area contributed by atoms with Crippen LogP contribution in [0.4, 0.5) is 5.95 Å². The summed E-state index contributed by atoms with van der Waals surface area (Å²) in [5.74, 6) is 0.871. The lowest BCUT2D eigenvalue weighted by Gasteiger charge is -2.15. The van der Waals surface area contributed by atoms with Crippen LogP contribution in [0.25, 0.3) is 11.3 Å². The number of halogens is 1. The Morgan fingerprint density at radius 3 is 2.78 bits per heavy atom. The minimum Gasteiger partial charge on any atom is -0.354 e. The molecule has 1 amide bonds. The van der Waals surface area contributed by atoms with Crippen molar-refractivity contribution in [2.24, 2.45) is 0 Å². The number of likely N-dealkylation sites (tertiary alicyclic amines) is 1. The van der Waals surface area contributed by atoms with Crippen LogP contribution in [-0.4, -0.2) is 40.4 Å². The van der Waals surface area contributed by atoms with E-state index < -0.39 is 0 Å². The Morgan fingerprint density at radius 1 is 1.22 bits per heavy atom. The van der Waals surface area contributed by atoms with Gasteiger partial charge in [-0.05, 0) is 31.0 Å². The zero-order valence-corrected chi connectivity index (χ0v) is 13.6. The van der Waals surface area contributed by atoms with Crippen molar-refractivity contribution in [1.29, 1.82) is 0 Å². The normalized spacial score (nSPS) is 14.3. The van der Waals surface area contributed by atoms with Crippen LogP contribution < -0.4 is 5.32 Å². The highest BCUT2D eigenvalue weighted by atomic mass is 35.5. The molecule has 23 heavy (non-hydrogen) atoms. The van der Waals surface area contributed by atoms with Crippen molar-refractivity contribution in [2.45, 2.75) is 19.3 Å². The average molecular weight is 331 g/mol. The maximum absolute atomic E-state index is 11.5.